The molecule has 0 saturated carbocycles. The summed E-state index contributed by atoms with van der Waals surface area (Å²) in [6.45, 7) is 9.12. The Balaban J connectivity index is 2.09. The first-order valence-corrected chi connectivity index (χ1v) is 10.5. The molecule has 0 bridgehead atoms. The molecule has 0 aliphatic rings. The first-order valence-electron chi connectivity index (χ1n) is 8.59. The number of nitrogens with zero attached hydrogens (tertiary/aromatic N) is 1. The predicted octanol–water partition coefficient (Wildman–Crippen LogP) is 2.12. The van der Waals surface area contributed by atoms with Crippen molar-refractivity contribution < 1.29 is 12.8 Å². The molecule has 0 unspecified atom stereocenters. The molecule has 3 N–H and O–H groups in total. The van der Waals surface area contributed by atoms with Crippen molar-refractivity contribution in [2.75, 3.05) is 19.3 Å². The molecular formula is C18H28N4O3S. The van der Waals surface area contributed by atoms with Gasteiger partial charge in [0.15, 0.2) is 5.96 Å². The third-order valence-corrected chi connectivity index (χ3v) is 4.75. The van der Waals surface area contributed by atoms with Gasteiger partial charge in [0.1, 0.15) is 17.9 Å². The SMILES string of the molecule is CCNC(=NCc1oc2ccccc2c1C)NCC(C)(C)NS(C)(=O)=O. The topological polar surface area (TPSA) is 95.7 Å². The summed E-state index contributed by atoms with van der Waals surface area (Å²) >= 11 is 0. The lowest BCUT2D eigenvalue weighted by Gasteiger charge is -2.26. The van der Waals surface area contributed by atoms with E-state index < -0.39 is 15.6 Å². The Morgan fingerprint density at radius 2 is 1.92 bits per heavy atom. The standard InChI is InChI=1S/C18H28N4O3S/c1-6-19-17(21-12-18(3,4)22-26(5,23)24)20-11-16-13(2)14-9-7-8-10-15(14)25-16/h7-10,22H,6,11-12H2,1-5H3,(H2,19,20,21). The van der Waals surface area contributed by atoms with E-state index in [-0.39, 0.29) is 0 Å². The van der Waals surface area contributed by atoms with Crippen molar-refractivity contribution in [1.82, 2.24) is 15.4 Å². The molecular weight excluding hydrogens is 352 g/mol. The van der Waals surface area contributed by atoms with Crippen LogP contribution in [-0.4, -0.2) is 39.3 Å². The molecule has 0 saturated heterocycles. The third-order valence-electron chi connectivity index (χ3n) is 3.83. The molecule has 1 aromatic heterocycles. The Hall–Kier alpha value is -2.06. The van der Waals surface area contributed by atoms with E-state index in [9.17, 15) is 8.42 Å². The average molecular weight is 381 g/mol. The molecule has 7 nitrogen and oxygen atoms in total. The van der Waals surface area contributed by atoms with Crippen molar-refractivity contribution in [3.05, 3.63) is 35.6 Å². The fraction of sp³-hybridized carbons (Fsp3) is 0.500. The molecule has 0 amide bonds. The molecule has 1 heterocycles. The summed E-state index contributed by atoms with van der Waals surface area (Å²) in [5.74, 6) is 1.42. The van der Waals surface area contributed by atoms with E-state index in [4.69, 9.17) is 4.42 Å². The first-order chi connectivity index (χ1) is 12.1. The minimum Gasteiger partial charge on any atom is -0.459 e. The minimum absolute atomic E-state index is 0.394. The number of hydrogen-bond acceptors (Lipinski definition) is 4. The van der Waals surface area contributed by atoms with Gasteiger partial charge in [0.25, 0.3) is 0 Å². The number of sulfonamides is 1. The zero-order chi connectivity index (χ0) is 19.4. The van der Waals surface area contributed by atoms with Crippen LogP contribution in [0.1, 0.15) is 32.1 Å². The van der Waals surface area contributed by atoms with Crippen LogP contribution in [0.5, 0.6) is 0 Å². The number of hydrogen-bond donors (Lipinski definition) is 3. The molecule has 0 spiro atoms. The molecule has 0 atom stereocenters. The van der Waals surface area contributed by atoms with Crippen LogP contribution >= 0.6 is 0 Å². The van der Waals surface area contributed by atoms with Gasteiger partial charge in [-0.1, -0.05) is 18.2 Å². The maximum Gasteiger partial charge on any atom is 0.209 e. The normalized spacial score (nSPS) is 13.2. The van der Waals surface area contributed by atoms with Gasteiger partial charge in [0, 0.05) is 29.6 Å². The molecule has 0 radical (unpaired) electrons. The summed E-state index contributed by atoms with van der Waals surface area (Å²) in [6.07, 6.45) is 1.15. The highest BCUT2D eigenvalue weighted by Crippen LogP contribution is 2.25. The molecule has 26 heavy (non-hydrogen) atoms. The van der Waals surface area contributed by atoms with Gasteiger partial charge in [-0.3, -0.25) is 0 Å². The highest BCUT2D eigenvalue weighted by Gasteiger charge is 2.22. The number of fused-ring (bicyclic) bond motifs is 1. The van der Waals surface area contributed by atoms with E-state index in [1.165, 1.54) is 0 Å². The monoisotopic (exact) mass is 380 g/mol. The van der Waals surface area contributed by atoms with Crippen molar-refractivity contribution in [2.24, 2.45) is 4.99 Å². The van der Waals surface area contributed by atoms with Crippen LogP contribution in [-0.2, 0) is 16.6 Å². The molecule has 2 rings (SSSR count). The molecule has 0 aliphatic carbocycles. The Kier molecular flexibility index (Phi) is 6.30. The molecule has 1 aromatic carbocycles. The molecule has 8 heteroatoms. The Morgan fingerprint density at radius 3 is 2.54 bits per heavy atom. The van der Waals surface area contributed by atoms with Crippen molar-refractivity contribution in [3.63, 3.8) is 0 Å². The van der Waals surface area contributed by atoms with E-state index in [0.29, 0.717) is 25.6 Å². The van der Waals surface area contributed by atoms with Gasteiger partial charge in [-0.25, -0.2) is 18.1 Å². The second-order valence-electron chi connectivity index (χ2n) is 6.95. The van der Waals surface area contributed by atoms with Crippen LogP contribution < -0.4 is 15.4 Å². The van der Waals surface area contributed by atoms with E-state index in [2.05, 4.69) is 20.3 Å². The molecule has 0 aliphatic heterocycles. The Labute approximate surface area is 155 Å². The van der Waals surface area contributed by atoms with Gasteiger partial charge in [-0.15, -0.1) is 0 Å². The van der Waals surface area contributed by atoms with Crippen LogP contribution in [0, 0.1) is 6.92 Å². The van der Waals surface area contributed by atoms with Crippen LogP contribution in [0.25, 0.3) is 11.0 Å². The summed E-state index contributed by atoms with van der Waals surface area (Å²) in [4.78, 5) is 4.56. The summed E-state index contributed by atoms with van der Waals surface area (Å²) in [7, 11) is -3.28. The number of aryl methyl sites for hydroxylation is 1. The number of para-hydroxylation sites is 1. The largest absolute Gasteiger partial charge is 0.459 e. The van der Waals surface area contributed by atoms with Gasteiger partial charge in [0.05, 0.1) is 6.26 Å². The van der Waals surface area contributed by atoms with Crippen LogP contribution in [0.2, 0.25) is 0 Å². The highest BCUT2D eigenvalue weighted by molar-refractivity contribution is 7.88. The molecule has 144 valence electrons. The van der Waals surface area contributed by atoms with E-state index in [1.807, 2.05) is 52.0 Å². The fourth-order valence-corrected chi connectivity index (χ4v) is 3.79. The maximum absolute atomic E-state index is 11.5. The number of guanidine groups is 1. The van der Waals surface area contributed by atoms with Crippen molar-refractivity contribution in [3.8, 4) is 0 Å². The summed E-state index contributed by atoms with van der Waals surface area (Å²) in [5, 5.41) is 7.43. The second-order valence-corrected chi connectivity index (χ2v) is 8.70. The smallest absolute Gasteiger partial charge is 0.209 e. The quantitative estimate of drug-likeness (QED) is 0.505. The number of furan rings is 1. The first kappa shape index (κ1) is 20.3. The van der Waals surface area contributed by atoms with Crippen LogP contribution in [0.3, 0.4) is 0 Å². The lowest BCUT2D eigenvalue weighted by Crippen LogP contribution is -2.53. The van der Waals surface area contributed by atoms with E-state index >= 15 is 0 Å². The highest BCUT2D eigenvalue weighted by atomic mass is 32.2. The number of benzene rings is 1. The van der Waals surface area contributed by atoms with Crippen molar-refractivity contribution >= 4 is 27.0 Å². The lowest BCUT2D eigenvalue weighted by atomic mass is 10.1. The second kappa shape index (κ2) is 8.09. The van der Waals surface area contributed by atoms with Gasteiger partial charge in [-0.2, -0.15) is 0 Å². The van der Waals surface area contributed by atoms with Gasteiger partial charge in [-0.05, 0) is 33.8 Å². The fourth-order valence-electron chi connectivity index (χ4n) is 2.71. The van der Waals surface area contributed by atoms with Crippen molar-refractivity contribution in [1.29, 1.82) is 0 Å². The summed E-state index contributed by atoms with van der Waals surface area (Å²) in [5.41, 5.74) is 1.30. The zero-order valence-electron chi connectivity index (χ0n) is 16.0. The van der Waals surface area contributed by atoms with Gasteiger partial charge in [0.2, 0.25) is 10.0 Å². The van der Waals surface area contributed by atoms with Gasteiger partial charge < -0.3 is 15.1 Å². The Morgan fingerprint density at radius 1 is 1.23 bits per heavy atom. The maximum atomic E-state index is 11.5. The Bertz CT molecular complexity index is 885. The van der Waals surface area contributed by atoms with E-state index in [0.717, 1.165) is 28.5 Å². The zero-order valence-corrected chi connectivity index (χ0v) is 16.8. The van der Waals surface area contributed by atoms with Gasteiger partial charge >= 0.3 is 0 Å². The van der Waals surface area contributed by atoms with Crippen LogP contribution in [0.4, 0.5) is 0 Å². The molecule has 0 fully saturated rings. The number of aliphatic imine (C=N–C) groups is 1. The third kappa shape index (κ3) is 5.74. The summed E-state index contributed by atoms with van der Waals surface area (Å²) < 4.78 is 31.4. The van der Waals surface area contributed by atoms with E-state index in [1.54, 1.807) is 0 Å². The number of rotatable bonds is 7. The predicted molar refractivity (Wildman–Crippen MR) is 106 cm³/mol. The number of nitrogens with one attached hydrogen (secondary N) is 3. The molecule has 2 aromatic rings. The minimum atomic E-state index is -3.28. The van der Waals surface area contributed by atoms with Crippen molar-refractivity contribution in [2.45, 2.75) is 39.8 Å². The average Bonchev–Trinajstić information content (AvgIpc) is 2.85. The lowest BCUT2D eigenvalue weighted by molar-refractivity contribution is 0.446. The summed E-state index contributed by atoms with van der Waals surface area (Å²) in [6, 6.07) is 7.91. The van der Waals surface area contributed by atoms with Crippen LogP contribution in [0.15, 0.2) is 33.7 Å².